The van der Waals surface area contributed by atoms with Crippen molar-refractivity contribution in [2.45, 2.75) is 4.90 Å². The number of H-pyrrole nitrogens is 1. The standard InChI is InChI=1S/C15H13FN4O2S/c1-23(21,22)13-7-5-12(6-8-13)17-15-18-14(19-20-15)10-3-2-4-11(16)9-10/h2-9H,1H3,(H2,17,18,19,20). The van der Waals surface area contributed by atoms with Gasteiger partial charge in [0.2, 0.25) is 5.95 Å². The highest BCUT2D eigenvalue weighted by molar-refractivity contribution is 7.90. The summed E-state index contributed by atoms with van der Waals surface area (Å²) in [7, 11) is -3.23. The van der Waals surface area contributed by atoms with Crippen molar-refractivity contribution in [1.82, 2.24) is 15.2 Å². The van der Waals surface area contributed by atoms with Gasteiger partial charge in [0.1, 0.15) is 5.82 Å². The monoisotopic (exact) mass is 332 g/mol. The van der Waals surface area contributed by atoms with Gasteiger partial charge in [0.05, 0.1) is 4.90 Å². The van der Waals surface area contributed by atoms with Gasteiger partial charge in [-0.2, -0.15) is 4.98 Å². The molecule has 8 heteroatoms. The lowest BCUT2D eigenvalue weighted by molar-refractivity contribution is 0.602. The summed E-state index contributed by atoms with van der Waals surface area (Å²) in [6.07, 6.45) is 1.15. The maximum Gasteiger partial charge on any atom is 0.246 e. The molecule has 0 bridgehead atoms. The average molecular weight is 332 g/mol. The van der Waals surface area contributed by atoms with Crippen LogP contribution in [0.3, 0.4) is 0 Å². The molecule has 6 nitrogen and oxygen atoms in total. The van der Waals surface area contributed by atoms with Crippen LogP contribution >= 0.6 is 0 Å². The number of hydrogen-bond acceptors (Lipinski definition) is 5. The molecule has 2 aromatic carbocycles. The van der Waals surface area contributed by atoms with Crippen LogP contribution in [0.1, 0.15) is 0 Å². The van der Waals surface area contributed by atoms with E-state index >= 15 is 0 Å². The SMILES string of the molecule is CS(=O)(=O)c1ccc(Nc2n[nH]c(-c3cccc(F)c3)n2)cc1. The molecule has 0 aliphatic rings. The van der Waals surface area contributed by atoms with E-state index in [1.54, 1.807) is 24.3 Å². The van der Waals surface area contributed by atoms with Crippen molar-refractivity contribution in [2.75, 3.05) is 11.6 Å². The third kappa shape index (κ3) is 3.54. The van der Waals surface area contributed by atoms with E-state index in [-0.39, 0.29) is 10.7 Å². The molecule has 0 aliphatic heterocycles. The molecular weight excluding hydrogens is 319 g/mol. The highest BCUT2D eigenvalue weighted by Gasteiger charge is 2.09. The van der Waals surface area contributed by atoms with E-state index in [0.29, 0.717) is 23.0 Å². The lowest BCUT2D eigenvalue weighted by Crippen LogP contribution is -1.98. The molecule has 0 spiro atoms. The first kappa shape index (κ1) is 15.2. The summed E-state index contributed by atoms with van der Waals surface area (Å²) in [5.74, 6) is 0.376. The lowest BCUT2D eigenvalue weighted by Gasteiger charge is -2.03. The average Bonchev–Trinajstić information content (AvgIpc) is 2.95. The smallest absolute Gasteiger partial charge is 0.246 e. The first-order chi connectivity index (χ1) is 10.9. The minimum absolute atomic E-state index is 0.235. The topological polar surface area (TPSA) is 87.7 Å². The number of sulfone groups is 1. The van der Waals surface area contributed by atoms with E-state index in [2.05, 4.69) is 20.5 Å². The lowest BCUT2D eigenvalue weighted by atomic mass is 10.2. The van der Waals surface area contributed by atoms with E-state index in [1.165, 1.54) is 24.3 Å². The first-order valence-electron chi connectivity index (χ1n) is 6.67. The van der Waals surface area contributed by atoms with Crippen molar-refractivity contribution >= 4 is 21.5 Å². The van der Waals surface area contributed by atoms with Crippen molar-refractivity contribution in [3.63, 3.8) is 0 Å². The van der Waals surface area contributed by atoms with Crippen LogP contribution in [0.15, 0.2) is 53.4 Å². The summed E-state index contributed by atoms with van der Waals surface area (Å²) >= 11 is 0. The third-order valence-electron chi connectivity index (χ3n) is 3.12. The van der Waals surface area contributed by atoms with Gasteiger partial charge in [0.25, 0.3) is 0 Å². The van der Waals surface area contributed by atoms with Crippen LogP contribution in [0.5, 0.6) is 0 Å². The number of anilines is 2. The van der Waals surface area contributed by atoms with Crippen LogP contribution in [0.2, 0.25) is 0 Å². The minimum Gasteiger partial charge on any atom is -0.323 e. The molecule has 1 aromatic heterocycles. The molecule has 3 rings (SSSR count). The first-order valence-corrected chi connectivity index (χ1v) is 8.56. The zero-order chi connectivity index (χ0) is 16.4. The van der Waals surface area contributed by atoms with Gasteiger partial charge in [0.15, 0.2) is 15.7 Å². The molecule has 2 N–H and O–H groups in total. The van der Waals surface area contributed by atoms with Gasteiger partial charge in [0, 0.05) is 17.5 Å². The van der Waals surface area contributed by atoms with Gasteiger partial charge >= 0.3 is 0 Å². The largest absolute Gasteiger partial charge is 0.323 e. The second-order valence-electron chi connectivity index (χ2n) is 4.94. The Hall–Kier alpha value is -2.74. The quantitative estimate of drug-likeness (QED) is 0.767. The Kier molecular flexibility index (Phi) is 3.83. The van der Waals surface area contributed by atoms with E-state index in [0.717, 1.165) is 6.26 Å². The Bertz CT molecular complexity index is 936. The maximum absolute atomic E-state index is 13.2. The number of aromatic nitrogens is 3. The molecule has 0 aliphatic carbocycles. The van der Waals surface area contributed by atoms with E-state index in [1.807, 2.05) is 0 Å². The molecule has 0 radical (unpaired) electrons. The van der Waals surface area contributed by atoms with Crippen LogP contribution in [0.25, 0.3) is 11.4 Å². The highest BCUT2D eigenvalue weighted by atomic mass is 32.2. The fourth-order valence-corrected chi connectivity index (χ4v) is 2.63. The summed E-state index contributed by atoms with van der Waals surface area (Å²) in [5, 5.41) is 9.67. The van der Waals surface area contributed by atoms with Gasteiger partial charge in [-0.25, -0.2) is 12.8 Å². The summed E-state index contributed by atoms with van der Waals surface area (Å²) in [4.78, 5) is 4.46. The summed E-state index contributed by atoms with van der Waals surface area (Å²) in [6.45, 7) is 0. The summed E-state index contributed by atoms with van der Waals surface area (Å²) < 4.78 is 36.0. The minimum atomic E-state index is -3.23. The molecule has 0 saturated carbocycles. The van der Waals surface area contributed by atoms with Crippen LogP contribution in [-0.2, 0) is 9.84 Å². The molecule has 0 saturated heterocycles. The number of nitrogens with one attached hydrogen (secondary N) is 2. The molecule has 1 heterocycles. The molecular formula is C15H13FN4O2S. The second kappa shape index (κ2) is 5.81. The van der Waals surface area contributed by atoms with Crippen LogP contribution in [0.4, 0.5) is 16.0 Å². The molecule has 0 amide bonds. The van der Waals surface area contributed by atoms with Crippen LogP contribution in [-0.4, -0.2) is 29.9 Å². The Labute approximate surface area is 132 Å². The van der Waals surface area contributed by atoms with Crippen molar-refractivity contribution < 1.29 is 12.8 Å². The van der Waals surface area contributed by atoms with Gasteiger partial charge < -0.3 is 5.32 Å². The Morgan fingerprint density at radius 1 is 1.13 bits per heavy atom. The Balaban J connectivity index is 1.79. The molecule has 0 unspecified atom stereocenters. The van der Waals surface area contributed by atoms with Crippen molar-refractivity contribution in [3.8, 4) is 11.4 Å². The molecule has 118 valence electrons. The predicted molar refractivity (Wildman–Crippen MR) is 84.6 cm³/mol. The number of rotatable bonds is 4. The Morgan fingerprint density at radius 3 is 2.52 bits per heavy atom. The fourth-order valence-electron chi connectivity index (χ4n) is 2.00. The molecule has 23 heavy (non-hydrogen) atoms. The number of hydrogen-bond donors (Lipinski definition) is 2. The van der Waals surface area contributed by atoms with E-state index in [4.69, 9.17) is 0 Å². The van der Waals surface area contributed by atoms with Gasteiger partial charge in [-0.05, 0) is 36.4 Å². The van der Waals surface area contributed by atoms with Crippen molar-refractivity contribution in [3.05, 3.63) is 54.3 Å². The van der Waals surface area contributed by atoms with Crippen molar-refractivity contribution in [1.29, 1.82) is 0 Å². The molecule has 3 aromatic rings. The van der Waals surface area contributed by atoms with Gasteiger partial charge in [-0.1, -0.05) is 12.1 Å². The van der Waals surface area contributed by atoms with E-state index in [9.17, 15) is 12.8 Å². The second-order valence-corrected chi connectivity index (χ2v) is 6.96. The van der Waals surface area contributed by atoms with Crippen LogP contribution < -0.4 is 5.32 Å². The number of benzene rings is 2. The summed E-state index contributed by atoms with van der Waals surface area (Å²) in [5.41, 5.74) is 1.22. The van der Waals surface area contributed by atoms with Crippen molar-refractivity contribution in [2.24, 2.45) is 0 Å². The highest BCUT2D eigenvalue weighted by Crippen LogP contribution is 2.20. The number of halogens is 1. The van der Waals surface area contributed by atoms with E-state index < -0.39 is 9.84 Å². The summed E-state index contributed by atoms with van der Waals surface area (Å²) in [6, 6.07) is 12.2. The predicted octanol–water partition coefficient (Wildman–Crippen LogP) is 2.76. The molecule has 0 atom stereocenters. The Morgan fingerprint density at radius 2 is 1.87 bits per heavy atom. The zero-order valence-corrected chi connectivity index (χ0v) is 12.9. The zero-order valence-electron chi connectivity index (χ0n) is 12.1. The third-order valence-corrected chi connectivity index (χ3v) is 4.25. The molecule has 0 fully saturated rings. The maximum atomic E-state index is 13.2. The van der Waals surface area contributed by atoms with Gasteiger partial charge in [-0.3, -0.25) is 5.10 Å². The normalized spacial score (nSPS) is 11.4. The van der Waals surface area contributed by atoms with Crippen LogP contribution in [0, 0.1) is 5.82 Å². The number of nitrogens with zero attached hydrogens (tertiary/aromatic N) is 2. The fraction of sp³-hybridized carbons (Fsp3) is 0.0667. The number of aromatic amines is 1. The van der Waals surface area contributed by atoms with Gasteiger partial charge in [-0.15, -0.1) is 5.10 Å².